The van der Waals surface area contributed by atoms with Crippen molar-refractivity contribution in [3.8, 4) is 0 Å². The molecular formula is C8H10N2OS. The van der Waals surface area contributed by atoms with Crippen LogP contribution < -0.4 is 0 Å². The minimum Gasteiger partial charge on any atom is -0.338 e. The molecule has 0 N–H and O–H groups in total. The van der Waals surface area contributed by atoms with Crippen molar-refractivity contribution in [3.63, 3.8) is 0 Å². The standard InChI is InChI=1S/C8H10N2OS/c1-12-8-9-7(11-10-8)6-4-2-3-5-6/h2-3,6H,4-5H2,1H3. The van der Waals surface area contributed by atoms with E-state index in [1.54, 1.807) is 0 Å². The molecule has 1 aromatic rings. The van der Waals surface area contributed by atoms with Gasteiger partial charge in [-0.05, 0) is 19.1 Å². The number of hydrogen-bond donors (Lipinski definition) is 0. The predicted octanol–water partition coefficient (Wildman–Crippen LogP) is 2.23. The van der Waals surface area contributed by atoms with Gasteiger partial charge in [0.2, 0.25) is 11.0 Å². The molecule has 1 aliphatic carbocycles. The van der Waals surface area contributed by atoms with Crippen LogP contribution in [0.2, 0.25) is 0 Å². The van der Waals surface area contributed by atoms with Crippen LogP contribution in [0.1, 0.15) is 24.7 Å². The Balaban J connectivity index is 2.12. The van der Waals surface area contributed by atoms with Crippen LogP contribution in [0.5, 0.6) is 0 Å². The molecule has 0 amide bonds. The van der Waals surface area contributed by atoms with Crippen molar-refractivity contribution in [2.45, 2.75) is 23.9 Å². The molecule has 0 atom stereocenters. The molecule has 0 radical (unpaired) electrons. The van der Waals surface area contributed by atoms with Gasteiger partial charge in [-0.3, -0.25) is 0 Å². The van der Waals surface area contributed by atoms with Gasteiger partial charge in [-0.25, -0.2) is 0 Å². The molecule has 1 aromatic heterocycles. The maximum atomic E-state index is 5.12. The number of rotatable bonds is 2. The fourth-order valence-corrected chi connectivity index (χ4v) is 1.58. The molecule has 0 spiro atoms. The van der Waals surface area contributed by atoms with Gasteiger partial charge in [0.1, 0.15) is 0 Å². The summed E-state index contributed by atoms with van der Waals surface area (Å²) in [4.78, 5) is 4.26. The number of hydrogen-bond acceptors (Lipinski definition) is 4. The molecule has 2 rings (SSSR count). The summed E-state index contributed by atoms with van der Waals surface area (Å²) in [5, 5.41) is 4.56. The topological polar surface area (TPSA) is 38.9 Å². The molecule has 0 unspecified atom stereocenters. The largest absolute Gasteiger partial charge is 0.338 e. The summed E-state index contributed by atoms with van der Waals surface area (Å²) in [6.07, 6.45) is 8.34. The number of allylic oxidation sites excluding steroid dienone is 2. The van der Waals surface area contributed by atoms with E-state index in [9.17, 15) is 0 Å². The minimum absolute atomic E-state index is 0.429. The Morgan fingerprint density at radius 2 is 2.25 bits per heavy atom. The third-order valence-electron chi connectivity index (χ3n) is 1.96. The maximum Gasteiger partial charge on any atom is 0.231 e. The van der Waals surface area contributed by atoms with Crippen molar-refractivity contribution in [1.29, 1.82) is 0 Å². The Morgan fingerprint density at radius 1 is 1.50 bits per heavy atom. The molecule has 4 heteroatoms. The van der Waals surface area contributed by atoms with E-state index in [4.69, 9.17) is 4.52 Å². The van der Waals surface area contributed by atoms with Crippen LogP contribution >= 0.6 is 11.8 Å². The second kappa shape index (κ2) is 3.31. The van der Waals surface area contributed by atoms with Crippen molar-refractivity contribution >= 4 is 11.8 Å². The van der Waals surface area contributed by atoms with Gasteiger partial charge in [0.05, 0.1) is 0 Å². The predicted molar refractivity (Wildman–Crippen MR) is 47.2 cm³/mol. The minimum atomic E-state index is 0.429. The normalized spacial score (nSPS) is 17.4. The molecule has 1 aliphatic rings. The van der Waals surface area contributed by atoms with Gasteiger partial charge in [-0.15, -0.1) is 0 Å². The van der Waals surface area contributed by atoms with E-state index < -0.39 is 0 Å². The molecule has 0 bridgehead atoms. The molecule has 3 nitrogen and oxygen atoms in total. The van der Waals surface area contributed by atoms with Gasteiger partial charge in [-0.1, -0.05) is 29.1 Å². The van der Waals surface area contributed by atoms with Crippen molar-refractivity contribution in [1.82, 2.24) is 10.1 Å². The lowest BCUT2D eigenvalue weighted by Crippen LogP contribution is -1.92. The van der Waals surface area contributed by atoms with Gasteiger partial charge < -0.3 is 4.52 Å². The number of aromatic nitrogens is 2. The quantitative estimate of drug-likeness (QED) is 0.519. The summed E-state index contributed by atoms with van der Waals surface area (Å²) in [6, 6.07) is 0. The lowest BCUT2D eigenvalue weighted by Gasteiger charge is -1.99. The summed E-state index contributed by atoms with van der Waals surface area (Å²) in [5.74, 6) is 1.21. The SMILES string of the molecule is CSc1noc(C2CC=CC2)n1. The molecule has 0 saturated carbocycles. The average molecular weight is 182 g/mol. The highest BCUT2D eigenvalue weighted by Gasteiger charge is 2.19. The Kier molecular flexibility index (Phi) is 2.17. The van der Waals surface area contributed by atoms with Gasteiger partial charge in [0.25, 0.3) is 0 Å². The van der Waals surface area contributed by atoms with E-state index in [2.05, 4.69) is 22.3 Å². The van der Waals surface area contributed by atoms with Crippen molar-refractivity contribution in [2.75, 3.05) is 6.26 Å². The highest BCUT2D eigenvalue weighted by Crippen LogP contribution is 2.28. The molecular weight excluding hydrogens is 172 g/mol. The van der Waals surface area contributed by atoms with E-state index in [0.29, 0.717) is 5.92 Å². The van der Waals surface area contributed by atoms with E-state index in [0.717, 1.165) is 23.9 Å². The van der Waals surface area contributed by atoms with Crippen LogP contribution in [0.3, 0.4) is 0 Å². The van der Waals surface area contributed by atoms with Gasteiger partial charge in [0.15, 0.2) is 0 Å². The van der Waals surface area contributed by atoms with Crippen LogP contribution in [0.25, 0.3) is 0 Å². The third-order valence-corrected chi connectivity index (χ3v) is 2.49. The summed E-state index contributed by atoms with van der Waals surface area (Å²) in [6.45, 7) is 0. The molecule has 0 fully saturated rings. The van der Waals surface area contributed by atoms with Crippen molar-refractivity contribution < 1.29 is 4.52 Å². The fourth-order valence-electron chi connectivity index (χ4n) is 1.29. The zero-order valence-electron chi connectivity index (χ0n) is 6.86. The van der Waals surface area contributed by atoms with Gasteiger partial charge >= 0.3 is 0 Å². The Morgan fingerprint density at radius 3 is 2.83 bits per heavy atom. The first-order valence-corrected chi connectivity index (χ1v) is 5.15. The lowest BCUT2D eigenvalue weighted by atomic mass is 10.1. The highest BCUT2D eigenvalue weighted by atomic mass is 32.2. The lowest BCUT2D eigenvalue weighted by molar-refractivity contribution is 0.348. The van der Waals surface area contributed by atoms with Crippen LogP contribution in [0.4, 0.5) is 0 Å². The number of nitrogens with zero attached hydrogens (tertiary/aromatic N) is 2. The van der Waals surface area contributed by atoms with Gasteiger partial charge in [-0.2, -0.15) is 4.98 Å². The summed E-state index contributed by atoms with van der Waals surface area (Å²) < 4.78 is 5.12. The van der Waals surface area contributed by atoms with Crippen LogP contribution in [-0.4, -0.2) is 16.4 Å². The fraction of sp³-hybridized carbons (Fsp3) is 0.500. The molecule has 64 valence electrons. The van der Waals surface area contributed by atoms with E-state index >= 15 is 0 Å². The monoisotopic (exact) mass is 182 g/mol. The maximum absolute atomic E-state index is 5.12. The second-order valence-corrected chi connectivity index (χ2v) is 3.53. The van der Waals surface area contributed by atoms with E-state index in [1.807, 2.05) is 6.26 Å². The highest BCUT2D eigenvalue weighted by molar-refractivity contribution is 7.98. The van der Waals surface area contributed by atoms with Crippen molar-refractivity contribution in [3.05, 3.63) is 18.0 Å². The molecule has 0 aromatic carbocycles. The first-order chi connectivity index (χ1) is 5.90. The summed E-state index contributed by atoms with van der Waals surface area (Å²) >= 11 is 1.51. The first-order valence-electron chi connectivity index (χ1n) is 3.92. The van der Waals surface area contributed by atoms with Crippen LogP contribution in [-0.2, 0) is 0 Å². The van der Waals surface area contributed by atoms with E-state index in [1.165, 1.54) is 11.8 Å². The van der Waals surface area contributed by atoms with Crippen LogP contribution in [0, 0.1) is 0 Å². The zero-order chi connectivity index (χ0) is 8.39. The molecule has 0 aliphatic heterocycles. The molecule has 1 heterocycles. The molecule has 12 heavy (non-hydrogen) atoms. The second-order valence-electron chi connectivity index (χ2n) is 2.76. The van der Waals surface area contributed by atoms with E-state index in [-0.39, 0.29) is 0 Å². The average Bonchev–Trinajstić information content (AvgIpc) is 2.75. The van der Waals surface area contributed by atoms with Gasteiger partial charge in [0, 0.05) is 5.92 Å². The molecule has 0 saturated heterocycles. The number of thioether (sulfide) groups is 1. The Bertz CT molecular complexity index is 287. The smallest absolute Gasteiger partial charge is 0.231 e. The first kappa shape index (κ1) is 7.86. The Hall–Kier alpha value is -0.770. The Labute approximate surface area is 75.2 Å². The third kappa shape index (κ3) is 1.39. The zero-order valence-corrected chi connectivity index (χ0v) is 7.67. The summed E-state index contributed by atoms with van der Waals surface area (Å²) in [5.41, 5.74) is 0. The summed E-state index contributed by atoms with van der Waals surface area (Å²) in [7, 11) is 0. The van der Waals surface area contributed by atoms with Crippen LogP contribution in [0.15, 0.2) is 21.8 Å². The van der Waals surface area contributed by atoms with Crippen molar-refractivity contribution in [2.24, 2.45) is 0 Å².